The molecule has 0 spiro atoms. The normalized spacial score (nSPS) is 20.6. The largest absolute Gasteiger partial charge is 0.497 e. The molecule has 1 unspecified atom stereocenters. The Kier molecular flexibility index (Phi) is 8.99. The summed E-state index contributed by atoms with van der Waals surface area (Å²) in [6.07, 6.45) is 4.33. The topological polar surface area (TPSA) is 82.9 Å². The number of aliphatic hydroxyl groups excluding tert-OH is 1. The smallest absolute Gasteiger partial charge is 0.308 e. The molecule has 1 aromatic carbocycles. The van der Waals surface area contributed by atoms with Crippen LogP contribution < -0.4 is 4.74 Å². The number of piperidine rings is 1. The Bertz CT molecular complexity index is 863. The van der Waals surface area contributed by atoms with Gasteiger partial charge in [0.05, 0.1) is 24.6 Å². The van der Waals surface area contributed by atoms with Crippen LogP contribution in [0.25, 0.3) is 10.9 Å². The van der Waals surface area contributed by atoms with Crippen molar-refractivity contribution in [3.05, 3.63) is 36.0 Å². The third-order valence-corrected chi connectivity index (χ3v) is 7.38. The number of thioether (sulfide) groups is 1. The first-order chi connectivity index (χ1) is 15.0. The average Bonchev–Trinajstić information content (AvgIpc) is 2.79. The molecule has 2 aromatic rings. The van der Waals surface area contributed by atoms with Crippen LogP contribution in [-0.4, -0.2) is 64.3 Å². The monoisotopic (exact) mass is 446 g/mol. The van der Waals surface area contributed by atoms with Crippen LogP contribution in [0.15, 0.2) is 30.5 Å². The van der Waals surface area contributed by atoms with Gasteiger partial charge < -0.3 is 19.8 Å². The third-order valence-electron chi connectivity index (χ3n) is 6.21. The zero-order valence-electron chi connectivity index (χ0n) is 18.5. The molecule has 0 saturated carbocycles. The standard InChI is InChI=1S/C24H34N2O4S/c1-3-13-31-14-12-26-11-9-17(21(16-26)24(28)29)4-7-23(27)19-8-10-25-22-6-5-18(30-2)15-20(19)22/h5-6,8,10,15,17,21,23,27H,3-4,7,9,11-14,16H2,1-2H3,(H,28,29)/t17-,21+,23?/m1/s1. The minimum absolute atomic E-state index is 0.0920. The highest BCUT2D eigenvalue weighted by atomic mass is 32.2. The van der Waals surface area contributed by atoms with Gasteiger partial charge in [-0.2, -0.15) is 11.8 Å². The SMILES string of the molecule is CCCSCCN1CC[C@@H](CCC(O)c2ccnc3ccc(OC)cc23)[C@@H](C(=O)O)C1. The number of hydrogen-bond acceptors (Lipinski definition) is 6. The minimum Gasteiger partial charge on any atom is -0.497 e. The van der Waals surface area contributed by atoms with Crippen molar-refractivity contribution < 1.29 is 19.7 Å². The van der Waals surface area contributed by atoms with Gasteiger partial charge in [0.15, 0.2) is 0 Å². The van der Waals surface area contributed by atoms with Gasteiger partial charge in [0.25, 0.3) is 0 Å². The summed E-state index contributed by atoms with van der Waals surface area (Å²) in [5.74, 6) is 1.95. The second kappa shape index (κ2) is 11.7. The summed E-state index contributed by atoms with van der Waals surface area (Å²) in [4.78, 5) is 18.6. The van der Waals surface area contributed by atoms with Crippen LogP contribution in [0.5, 0.6) is 5.75 Å². The highest BCUT2D eigenvalue weighted by Crippen LogP contribution is 2.33. The maximum Gasteiger partial charge on any atom is 0.308 e. The van der Waals surface area contributed by atoms with Crippen molar-refractivity contribution in [3.63, 3.8) is 0 Å². The molecule has 31 heavy (non-hydrogen) atoms. The number of rotatable bonds is 11. The lowest BCUT2D eigenvalue weighted by Crippen LogP contribution is -2.44. The fourth-order valence-electron chi connectivity index (χ4n) is 4.43. The highest BCUT2D eigenvalue weighted by Gasteiger charge is 2.34. The van der Waals surface area contributed by atoms with Crippen LogP contribution in [0.3, 0.4) is 0 Å². The lowest BCUT2D eigenvalue weighted by Gasteiger charge is -2.37. The Hall–Kier alpha value is -1.83. The molecule has 0 radical (unpaired) electrons. The van der Waals surface area contributed by atoms with E-state index in [1.54, 1.807) is 13.3 Å². The lowest BCUT2D eigenvalue weighted by molar-refractivity contribution is -0.146. The van der Waals surface area contributed by atoms with E-state index in [0.29, 0.717) is 19.4 Å². The molecule has 3 atom stereocenters. The van der Waals surface area contributed by atoms with E-state index in [4.69, 9.17) is 4.74 Å². The third kappa shape index (κ3) is 6.34. The molecule has 1 aromatic heterocycles. The van der Waals surface area contributed by atoms with E-state index in [-0.39, 0.29) is 11.8 Å². The number of fused-ring (bicyclic) bond motifs is 1. The molecule has 0 bridgehead atoms. The zero-order chi connectivity index (χ0) is 22.2. The summed E-state index contributed by atoms with van der Waals surface area (Å²) in [6, 6.07) is 7.49. The van der Waals surface area contributed by atoms with Crippen molar-refractivity contribution in [1.29, 1.82) is 0 Å². The van der Waals surface area contributed by atoms with E-state index in [9.17, 15) is 15.0 Å². The van der Waals surface area contributed by atoms with Crippen LogP contribution in [0.1, 0.15) is 44.3 Å². The summed E-state index contributed by atoms with van der Waals surface area (Å²) in [5.41, 5.74) is 1.64. The van der Waals surface area contributed by atoms with Crippen LogP contribution in [0, 0.1) is 11.8 Å². The summed E-state index contributed by atoms with van der Waals surface area (Å²) < 4.78 is 5.32. The molecule has 7 heteroatoms. The summed E-state index contributed by atoms with van der Waals surface area (Å²) in [6.45, 7) is 4.68. The molecule has 2 N–H and O–H groups in total. The van der Waals surface area contributed by atoms with Crippen molar-refractivity contribution in [3.8, 4) is 5.75 Å². The Morgan fingerprint density at radius 2 is 2.19 bits per heavy atom. The number of aromatic nitrogens is 1. The number of likely N-dealkylation sites (tertiary alicyclic amines) is 1. The predicted molar refractivity (Wildman–Crippen MR) is 126 cm³/mol. The Balaban J connectivity index is 1.61. The number of ether oxygens (including phenoxy) is 1. The number of benzene rings is 1. The summed E-state index contributed by atoms with van der Waals surface area (Å²) >= 11 is 1.94. The quantitative estimate of drug-likeness (QED) is 0.500. The van der Waals surface area contributed by atoms with Gasteiger partial charge in [-0.05, 0) is 73.7 Å². The van der Waals surface area contributed by atoms with E-state index in [0.717, 1.165) is 53.2 Å². The van der Waals surface area contributed by atoms with Gasteiger partial charge in [-0.1, -0.05) is 6.92 Å². The second-order valence-electron chi connectivity index (χ2n) is 8.28. The molecule has 0 amide bonds. The molecule has 2 heterocycles. The molecular weight excluding hydrogens is 412 g/mol. The number of carboxylic acid groups (broad SMARTS) is 1. The maximum absolute atomic E-state index is 11.9. The first-order valence-corrected chi connectivity index (χ1v) is 12.3. The first kappa shape index (κ1) is 23.8. The Morgan fingerprint density at radius 3 is 2.94 bits per heavy atom. The van der Waals surface area contributed by atoms with Gasteiger partial charge in [-0.25, -0.2) is 0 Å². The summed E-state index contributed by atoms with van der Waals surface area (Å²) in [5, 5.41) is 21.6. The molecule has 1 aliphatic heterocycles. The number of hydrogen-bond donors (Lipinski definition) is 2. The van der Waals surface area contributed by atoms with Crippen LogP contribution >= 0.6 is 11.8 Å². The van der Waals surface area contributed by atoms with Crippen LogP contribution in [0.2, 0.25) is 0 Å². The molecule has 0 aliphatic carbocycles. The average molecular weight is 447 g/mol. The maximum atomic E-state index is 11.9. The molecule has 3 rings (SSSR count). The highest BCUT2D eigenvalue weighted by molar-refractivity contribution is 7.99. The van der Waals surface area contributed by atoms with Gasteiger partial charge in [0.1, 0.15) is 5.75 Å². The van der Waals surface area contributed by atoms with Crippen LogP contribution in [0.4, 0.5) is 0 Å². The number of nitrogens with zero attached hydrogens (tertiary/aromatic N) is 2. The van der Waals surface area contributed by atoms with Gasteiger partial charge in [-0.15, -0.1) is 0 Å². The van der Waals surface area contributed by atoms with E-state index < -0.39 is 12.1 Å². The van der Waals surface area contributed by atoms with E-state index >= 15 is 0 Å². The number of pyridine rings is 1. The van der Waals surface area contributed by atoms with Crippen molar-refractivity contribution in [1.82, 2.24) is 9.88 Å². The Labute approximate surface area is 189 Å². The van der Waals surface area contributed by atoms with E-state index in [1.807, 2.05) is 36.0 Å². The Morgan fingerprint density at radius 1 is 1.35 bits per heavy atom. The molecular formula is C24H34N2O4S. The number of carboxylic acids is 1. The van der Waals surface area contributed by atoms with Crippen molar-refractivity contribution in [2.45, 2.75) is 38.7 Å². The van der Waals surface area contributed by atoms with E-state index in [2.05, 4.69) is 16.8 Å². The molecule has 1 fully saturated rings. The zero-order valence-corrected chi connectivity index (χ0v) is 19.3. The fourth-order valence-corrected chi connectivity index (χ4v) is 5.31. The number of aliphatic hydroxyl groups is 1. The lowest BCUT2D eigenvalue weighted by atomic mass is 9.81. The number of carbonyl (C=O) groups is 1. The first-order valence-electron chi connectivity index (χ1n) is 11.2. The molecule has 170 valence electrons. The fraction of sp³-hybridized carbons (Fsp3) is 0.583. The predicted octanol–water partition coefficient (Wildman–Crippen LogP) is 4.22. The minimum atomic E-state index is -0.718. The molecule has 1 aliphatic rings. The van der Waals surface area contributed by atoms with E-state index in [1.165, 1.54) is 6.42 Å². The number of aliphatic carboxylic acids is 1. The molecule has 1 saturated heterocycles. The van der Waals surface area contributed by atoms with Crippen molar-refractivity contribution >= 4 is 28.6 Å². The van der Waals surface area contributed by atoms with Gasteiger partial charge in [0, 0.05) is 30.4 Å². The molecule has 6 nitrogen and oxygen atoms in total. The number of methoxy groups -OCH3 is 1. The second-order valence-corrected chi connectivity index (χ2v) is 9.51. The van der Waals surface area contributed by atoms with Gasteiger partial charge in [-0.3, -0.25) is 9.78 Å². The van der Waals surface area contributed by atoms with Gasteiger partial charge in [0.2, 0.25) is 0 Å². The summed E-state index contributed by atoms with van der Waals surface area (Å²) in [7, 11) is 1.62. The van der Waals surface area contributed by atoms with Crippen LogP contribution in [-0.2, 0) is 4.79 Å². The van der Waals surface area contributed by atoms with Crippen molar-refractivity contribution in [2.24, 2.45) is 11.8 Å². The van der Waals surface area contributed by atoms with Gasteiger partial charge >= 0.3 is 5.97 Å². The van der Waals surface area contributed by atoms with Crippen molar-refractivity contribution in [2.75, 3.05) is 38.2 Å².